The zero-order valence-electron chi connectivity index (χ0n) is 19.4. The Morgan fingerprint density at radius 3 is 2.18 bits per heavy atom. The molecule has 0 N–H and O–H groups in total. The molecule has 2 heterocycles. The van der Waals surface area contributed by atoms with E-state index < -0.39 is 0 Å². The Balaban J connectivity index is 1.38. The molecule has 1 amide bonds. The summed E-state index contributed by atoms with van der Waals surface area (Å²) in [4.78, 5) is 30.9. The fraction of sp³-hybridized carbons (Fsp3) is 0.250. The van der Waals surface area contributed by atoms with Gasteiger partial charge in [0.15, 0.2) is 5.69 Å². The first-order valence-corrected chi connectivity index (χ1v) is 11.7. The first kappa shape index (κ1) is 22.0. The topological polar surface area (TPSA) is 58.4 Å². The van der Waals surface area contributed by atoms with E-state index in [1.807, 2.05) is 53.4 Å². The first-order valence-electron chi connectivity index (χ1n) is 11.7. The van der Waals surface area contributed by atoms with Crippen molar-refractivity contribution < 1.29 is 4.79 Å². The van der Waals surface area contributed by atoms with Gasteiger partial charge in [-0.15, -0.1) is 0 Å². The van der Waals surface area contributed by atoms with E-state index >= 15 is 0 Å². The van der Waals surface area contributed by atoms with Crippen LogP contribution in [-0.2, 0) is 13.1 Å². The van der Waals surface area contributed by atoms with Gasteiger partial charge in [0.2, 0.25) is 0 Å². The molecule has 5 rings (SSSR count). The molecule has 0 saturated carbocycles. The lowest BCUT2D eigenvalue weighted by Gasteiger charge is -2.35. The third-order valence-corrected chi connectivity index (χ3v) is 6.56. The molecule has 6 nitrogen and oxygen atoms in total. The zero-order valence-corrected chi connectivity index (χ0v) is 19.4. The number of nitrogens with zero attached hydrogens (tertiary/aromatic N) is 4. The standard InChI is InChI=1S/C28H28N4O2/c1-21-9-5-6-12-23(21)20-30-15-17-31(18-16-30)28(34)26-24-13-7-8-14-25(24)27(33)32(29-26)19-22-10-3-2-4-11-22/h2-14H,15-20H2,1H3. The highest BCUT2D eigenvalue weighted by Crippen LogP contribution is 2.18. The molecule has 0 radical (unpaired) electrons. The van der Waals surface area contributed by atoms with E-state index in [0.29, 0.717) is 36.1 Å². The van der Waals surface area contributed by atoms with E-state index in [-0.39, 0.29) is 11.5 Å². The highest BCUT2D eigenvalue weighted by molar-refractivity contribution is 6.04. The minimum Gasteiger partial charge on any atom is -0.335 e. The normalized spacial score (nSPS) is 14.4. The number of fused-ring (bicyclic) bond motifs is 1. The van der Waals surface area contributed by atoms with Crippen LogP contribution < -0.4 is 5.56 Å². The van der Waals surface area contributed by atoms with Gasteiger partial charge in [-0.05, 0) is 29.7 Å². The Morgan fingerprint density at radius 2 is 1.44 bits per heavy atom. The SMILES string of the molecule is Cc1ccccc1CN1CCN(C(=O)c2nn(Cc3ccccc3)c(=O)c3ccccc23)CC1. The molecule has 0 unspecified atom stereocenters. The molecule has 0 spiro atoms. The van der Waals surface area contributed by atoms with Crippen molar-refractivity contribution in [3.05, 3.63) is 112 Å². The number of carbonyl (C=O) groups excluding carboxylic acids is 1. The van der Waals surface area contributed by atoms with Crippen LogP contribution >= 0.6 is 0 Å². The fourth-order valence-corrected chi connectivity index (χ4v) is 4.54. The molecule has 1 aliphatic rings. The van der Waals surface area contributed by atoms with Crippen molar-refractivity contribution in [1.82, 2.24) is 19.6 Å². The van der Waals surface area contributed by atoms with Gasteiger partial charge < -0.3 is 4.90 Å². The summed E-state index contributed by atoms with van der Waals surface area (Å²) in [5.74, 6) is -0.117. The van der Waals surface area contributed by atoms with Gasteiger partial charge in [0.05, 0.1) is 11.9 Å². The predicted octanol–water partition coefficient (Wildman–Crippen LogP) is 3.71. The summed E-state index contributed by atoms with van der Waals surface area (Å²) >= 11 is 0. The number of hydrogen-bond donors (Lipinski definition) is 0. The van der Waals surface area contributed by atoms with Crippen molar-refractivity contribution in [2.45, 2.75) is 20.0 Å². The molecule has 1 fully saturated rings. The summed E-state index contributed by atoms with van der Waals surface area (Å²) in [5, 5.41) is 5.71. The quantitative estimate of drug-likeness (QED) is 0.463. The minimum absolute atomic E-state index is 0.117. The van der Waals surface area contributed by atoms with E-state index in [1.54, 1.807) is 6.07 Å². The van der Waals surface area contributed by atoms with Crippen molar-refractivity contribution in [3.63, 3.8) is 0 Å². The largest absolute Gasteiger partial charge is 0.335 e. The van der Waals surface area contributed by atoms with E-state index in [1.165, 1.54) is 15.8 Å². The van der Waals surface area contributed by atoms with Crippen molar-refractivity contribution >= 4 is 16.7 Å². The number of amides is 1. The Bertz CT molecular complexity index is 1370. The summed E-state index contributed by atoms with van der Waals surface area (Å²) < 4.78 is 1.42. The van der Waals surface area contributed by atoms with Crippen LogP contribution in [0.3, 0.4) is 0 Å². The summed E-state index contributed by atoms with van der Waals surface area (Å²) in [6.07, 6.45) is 0. The fourth-order valence-electron chi connectivity index (χ4n) is 4.54. The second-order valence-electron chi connectivity index (χ2n) is 8.84. The highest BCUT2D eigenvalue weighted by Gasteiger charge is 2.26. The van der Waals surface area contributed by atoms with Crippen molar-refractivity contribution in [3.8, 4) is 0 Å². The zero-order chi connectivity index (χ0) is 23.5. The first-order chi connectivity index (χ1) is 16.6. The number of benzene rings is 3. The molecule has 3 aromatic carbocycles. The van der Waals surface area contributed by atoms with E-state index in [0.717, 1.165) is 25.2 Å². The van der Waals surface area contributed by atoms with Gasteiger partial charge in [0.1, 0.15) is 0 Å². The van der Waals surface area contributed by atoms with Crippen LogP contribution in [0.2, 0.25) is 0 Å². The summed E-state index contributed by atoms with van der Waals surface area (Å²) in [7, 11) is 0. The lowest BCUT2D eigenvalue weighted by Crippen LogP contribution is -2.48. The summed E-state index contributed by atoms with van der Waals surface area (Å²) in [6.45, 7) is 6.24. The molecule has 1 aliphatic heterocycles. The van der Waals surface area contributed by atoms with Crippen LogP contribution in [0.15, 0.2) is 83.7 Å². The van der Waals surface area contributed by atoms with Gasteiger partial charge in [-0.1, -0.05) is 72.8 Å². The average molecular weight is 453 g/mol. The highest BCUT2D eigenvalue weighted by atomic mass is 16.2. The number of rotatable bonds is 5. The lowest BCUT2D eigenvalue weighted by molar-refractivity contribution is 0.0622. The number of carbonyl (C=O) groups is 1. The number of aryl methyl sites for hydroxylation is 1. The van der Waals surface area contributed by atoms with Crippen molar-refractivity contribution in [2.24, 2.45) is 0 Å². The molecule has 0 atom stereocenters. The maximum atomic E-state index is 13.6. The Labute approximate surface area is 199 Å². The Kier molecular flexibility index (Phi) is 6.23. The number of hydrogen-bond acceptors (Lipinski definition) is 4. The van der Waals surface area contributed by atoms with Crippen LogP contribution in [0.4, 0.5) is 0 Å². The molecular weight excluding hydrogens is 424 g/mol. The molecule has 34 heavy (non-hydrogen) atoms. The monoisotopic (exact) mass is 452 g/mol. The maximum Gasteiger partial charge on any atom is 0.275 e. The third kappa shape index (κ3) is 4.50. The van der Waals surface area contributed by atoms with E-state index in [2.05, 4.69) is 41.2 Å². The van der Waals surface area contributed by atoms with Crippen LogP contribution in [0.5, 0.6) is 0 Å². The molecular formula is C28H28N4O2. The van der Waals surface area contributed by atoms with Gasteiger partial charge >= 0.3 is 0 Å². The molecule has 4 aromatic rings. The van der Waals surface area contributed by atoms with Crippen molar-refractivity contribution in [1.29, 1.82) is 0 Å². The lowest BCUT2D eigenvalue weighted by atomic mass is 10.1. The number of aromatic nitrogens is 2. The van der Waals surface area contributed by atoms with Crippen LogP contribution in [0.25, 0.3) is 10.8 Å². The number of piperazine rings is 1. The molecule has 6 heteroatoms. The molecule has 1 aromatic heterocycles. The third-order valence-electron chi connectivity index (χ3n) is 6.56. The van der Waals surface area contributed by atoms with Crippen LogP contribution in [0, 0.1) is 6.92 Å². The molecule has 0 aliphatic carbocycles. The van der Waals surface area contributed by atoms with Crippen LogP contribution in [0.1, 0.15) is 27.2 Å². The molecule has 0 bridgehead atoms. The Hall–Kier alpha value is -3.77. The van der Waals surface area contributed by atoms with Gasteiger partial charge in [-0.25, -0.2) is 4.68 Å². The summed E-state index contributed by atoms with van der Waals surface area (Å²) in [6, 6.07) is 25.4. The van der Waals surface area contributed by atoms with Gasteiger partial charge in [-0.3, -0.25) is 14.5 Å². The second kappa shape index (κ2) is 9.61. The minimum atomic E-state index is -0.181. The molecule has 172 valence electrons. The van der Waals surface area contributed by atoms with Crippen LogP contribution in [-0.4, -0.2) is 51.7 Å². The molecule has 1 saturated heterocycles. The smallest absolute Gasteiger partial charge is 0.275 e. The predicted molar refractivity (Wildman–Crippen MR) is 134 cm³/mol. The van der Waals surface area contributed by atoms with E-state index in [9.17, 15) is 9.59 Å². The van der Waals surface area contributed by atoms with Gasteiger partial charge in [0, 0.05) is 38.1 Å². The maximum absolute atomic E-state index is 13.6. The summed E-state index contributed by atoms with van der Waals surface area (Å²) in [5.41, 5.74) is 3.74. The van der Waals surface area contributed by atoms with E-state index in [4.69, 9.17) is 0 Å². The Morgan fingerprint density at radius 1 is 0.794 bits per heavy atom. The van der Waals surface area contributed by atoms with Gasteiger partial charge in [0.25, 0.3) is 11.5 Å². The van der Waals surface area contributed by atoms with Crippen molar-refractivity contribution in [2.75, 3.05) is 26.2 Å². The second-order valence-corrected chi connectivity index (χ2v) is 8.84. The average Bonchev–Trinajstić information content (AvgIpc) is 2.88. The van der Waals surface area contributed by atoms with Gasteiger partial charge in [-0.2, -0.15) is 5.10 Å².